The van der Waals surface area contributed by atoms with Gasteiger partial charge in [0.2, 0.25) is 11.9 Å². The molecule has 2 unspecified atom stereocenters. The van der Waals surface area contributed by atoms with Crippen LogP contribution in [0.4, 0.5) is 33.7 Å². The Morgan fingerprint density at radius 1 is 1.11 bits per heavy atom. The maximum atomic E-state index is 13.8. The van der Waals surface area contributed by atoms with Gasteiger partial charge >= 0.3 is 6.18 Å². The summed E-state index contributed by atoms with van der Waals surface area (Å²) in [6.07, 6.45) is -3.37. The Hall–Kier alpha value is -3.06. The average Bonchev–Trinajstić information content (AvgIpc) is 3.18. The van der Waals surface area contributed by atoms with Gasteiger partial charge in [0, 0.05) is 51.6 Å². The quantitative estimate of drug-likeness (QED) is 0.305. The summed E-state index contributed by atoms with van der Waals surface area (Å²) in [5, 5.41) is 0. The van der Waals surface area contributed by atoms with Crippen LogP contribution in [0.25, 0.3) is 11.2 Å². The third-order valence-corrected chi connectivity index (χ3v) is 7.14. The molecule has 1 saturated carbocycles. The van der Waals surface area contributed by atoms with Crippen LogP contribution in [0.1, 0.15) is 36.9 Å². The van der Waals surface area contributed by atoms with Crippen molar-refractivity contribution in [3.05, 3.63) is 41.7 Å². The van der Waals surface area contributed by atoms with E-state index in [0.29, 0.717) is 42.2 Å². The van der Waals surface area contributed by atoms with Gasteiger partial charge in [-0.25, -0.2) is 19.6 Å². The highest BCUT2D eigenvalue weighted by molar-refractivity contribution is 5.85. The van der Waals surface area contributed by atoms with Crippen LogP contribution >= 0.6 is 0 Å². The Morgan fingerprint density at radius 2 is 1.81 bits per heavy atom. The zero-order valence-electron chi connectivity index (χ0n) is 19.8. The van der Waals surface area contributed by atoms with Gasteiger partial charge in [0.05, 0.1) is 11.9 Å². The monoisotopic (exact) mass is 510 g/mol. The number of nitrogens with one attached hydrogen (secondary N) is 1. The number of aryl methyl sites for hydroxylation is 1. The lowest BCUT2D eigenvalue weighted by Gasteiger charge is -2.49. The number of hydrogen-bond donors (Lipinski definition) is 2. The lowest BCUT2D eigenvalue weighted by atomic mass is 9.73. The number of piperazine rings is 1. The first-order valence-electron chi connectivity index (χ1n) is 11.7. The molecule has 1 saturated heterocycles. The third-order valence-electron chi connectivity index (χ3n) is 7.14. The Labute approximate surface area is 204 Å². The summed E-state index contributed by atoms with van der Waals surface area (Å²) in [4.78, 5) is 17.5. The van der Waals surface area contributed by atoms with Crippen LogP contribution in [0.15, 0.2) is 30.6 Å². The summed E-state index contributed by atoms with van der Waals surface area (Å²) < 4.78 is 68.7. The van der Waals surface area contributed by atoms with E-state index in [1.807, 2.05) is 14.0 Å². The highest BCUT2D eigenvalue weighted by Gasteiger charge is 2.50. The summed E-state index contributed by atoms with van der Waals surface area (Å²) in [5.74, 6) is 3.35. The summed E-state index contributed by atoms with van der Waals surface area (Å²) in [5.41, 5.74) is 3.58. The van der Waals surface area contributed by atoms with Crippen molar-refractivity contribution in [2.75, 3.05) is 30.0 Å². The fraction of sp³-hybridized carbons (Fsp3) is 0.522. The van der Waals surface area contributed by atoms with Gasteiger partial charge in [0.15, 0.2) is 17.0 Å². The van der Waals surface area contributed by atoms with Gasteiger partial charge in [0.1, 0.15) is 0 Å². The molecule has 2 aliphatic rings. The number of nitrogens with two attached hydrogens (primary N) is 1. The standard InChI is InChI=1S/C23H27F5N8/c1-13-11-35(7-8-36(13)20-17-19(34(2)12-30-17)31-21(32-20)33-29)18(15-9-22(24,25)10-15)14-3-5-16(6-4-14)23(26,27)28/h3-6,12-13,15,18H,7-11,29H2,1-2H3,(H,31,32,33). The van der Waals surface area contributed by atoms with Gasteiger partial charge in [-0.1, -0.05) is 12.1 Å². The molecule has 8 nitrogen and oxygen atoms in total. The lowest BCUT2D eigenvalue weighted by molar-refractivity contribution is -0.137. The first-order valence-corrected chi connectivity index (χ1v) is 11.7. The van der Waals surface area contributed by atoms with Gasteiger partial charge in [-0.15, -0.1) is 0 Å². The molecule has 0 amide bonds. The van der Waals surface area contributed by atoms with Gasteiger partial charge in [0.25, 0.3) is 0 Å². The van der Waals surface area contributed by atoms with Crippen LogP contribution in [0.2, 0.25) is 0 Å². The van der Waals surface area contributed by atoms with E-state index in [1.54, 1.807) is 10.9 Å². The predicted molar refractivity (Wildman–Crippen MR) is 124 cm³/mol. The van der Waals surface area contributed by atoms with Crippen molar-refractivity contribution in [1.82, 2.24) is 24.4 Å². The molecule has 3 aromatic rings. The third kappa shape index (κ3) is 4.45. The molecule has 36 heavy (non-hydrogen) atoms. The molecule has 2 fully saturated rings. The van der Waals surface area contributed by atoms with E-state index in [9.17, 15) is 22.0 Å². The van der Waals surface area contributed by atoms with Crippen LogP contribution in [0.3, 0.4) is 0 Å². The zero-order valence-corrected chi connectivity index (χ0v) is 19.8. The van der Waals surface area contributed by atoms with Crippen molar-refractivity contribution in [2.45, 2.75) is 43.9 Å². The number of hydrogen-bond acceptors (Lipinski definition) is 7. The van der Waals surface area contributed by atoms with Crippen molar-refractivity contribution in [2.24, 2.45) is 18.8 Å². The smallest absolute Gasteiger partial charge is 0.349 e. The van der Waals surface area contributed by atoms with E-state index in [4.69, 9.17) is 5.84 Å². The largest absolute Gasteiger partial charge is 0.416 e. The van der Waals surface area contributed by atoms with Crippen molar-refractivity contribution >= 4 is 22.9 Å². The molecule has 3 N–H and O–H groups in total. The summed E-state index contributed by atoms with van der Waals surface area (Å²) in [6.45, 7) is 3.55. The number of rotatable bonds is 5. The van der Waals surface area contributed by atoms with E-state index in [2.05, 4.69) is 30.2 Å². The van der Waals surface area contributed by atoms with E-state index in [-0.39, 0.29) is 30.7 Å². The van der Waals surface area contributed by atoms with Gasteiger partial charge in [-0.05, 0) is 30.5 Å². The van der Waals surface area contributed by atoms with Gasteiger partial charge in [-0.3, -0.25) is 10.3 Å². The van der Waals surface area contributed by atoms with Crippen molar-refractivity contribution in [1.29, 1.82) is 0 Å². The Kier molecular flexibility index (Phi) is 6.02. The Balaban J connectivity index is 1.42. The number of alkyl halides is 5. The molecule has 5 rings (SSSR count). The molecule has 3 heterocycles. The van der Waals surface area contributed by atoms with E-state index < -0.39 is 23.7 Å². The predicted octanol–water partition coefficient (Wildman–Crippen LogP) is 3.96. The van der Waals surface area contributed by atoms with Crippen molar-refractivity contribution in [3.8, 4) is 0 Å². The first kappa shape index (κ1) is 24.6. The van der Waals surface area contributed by atoms with Crippen LogP contribution in [-0.2, 0) is 13.2 Å². The maximum Gasteiger partial charge on any atom is 0.416 e. The maximum absolute atomic E-state index is 13.8. The molecule has 2 aromatic heterocycles. The second-order valence-corrected chi connectivity index (χ2v) is 9.67. The molecule has 0 spiro atoms. The molecule has 2 atom stereocenters. The molecular weight excluding hydrogens is 483 g/mol. The summed E-state index contributed by atoms with van der Waals surface area (Å²) >= 11 is 0. The summed E-state index contributed by atoms with van der Waals surface area (Å²) in [7, 11) is 1.82. The average molecular weight is 511 g/mol. The number of aromatic nitrogens is 4. The number of fused-ring (bicyclic) bond motifs is 1. The van der Waals surface area contributed by atoms with E-state index in [0.717, 1.165) is 12.1 Å². The van der Waals surface area contributed by atoms with E-state index in [1.165, 1.54) is 12.1 Å². The summed E-state index contributed by atoms with van der Waals surface area (Å²) in [6, 6.07) is 4.40. The number of imidazole rings is 1. The van der Waals surface area contributed by atoms with Gasteiger partial charge in [-0.2, -0.15) is 23.1 Å². The Bertz CT molecular complexity index is 1230. The minimum atomic E-state index is -4.46. The van der Waals surface area contributed by atoms with Crippen molar-refractivity contribution < 1.29 is 22.0 Å². The molecule has 1 aliphatic heterocycles. The van der Waals surface area contributed by atoms with Crippen LogP contribution in [0.5, 0.6) is 0 Å². The normalized spacial score (nSPS) is 22.0. The number of halogens is 5. The lowest BCUT2D eigenvalue weighted by Crippen LogP contribution is -2.56. The molecule has 13 heteroatoms. The molecule has 194 valence electrons. The molecular formula is C23H27F5N8. The fourth-order valence-electron chi connectivity index (χ4n) is 5.39. The number of nitrogens with zero attached hydrogens (tertiary/aromatic N) is 6. The van der Waals surface area contributed by atoms with E-state index >= 15 is 0 Å². The first-order chi connectivity index (χ1) is 17.0. The molecule has 0 bridgehead atoms. The molecule has 1 aromatic carbocycles. The van der Waals surface area contributed by atoms with Gasteiger partial charge < -0.3 is 9.47 Å². The number of hydrazine groups is 1. The fourth-order valence-corrected chi connectivity index (χ4v) is 5.39. The topological polar surface area (TPSA) is 88.1 Å². The second-order valence-electron chi connectivity index (χ2n) is 9.67. The SMILES string of the molecule is CC1CN(C(c2ccc(C(F)(F)F)cc2)C2CC(F)(F)C2)CCN1c1nc(NN)nc2c1ncn2C. The highest BCUT2D eigenvalue weighted by Crippen LogP contribution is 2.51. The second kappa shape index (κ2) is 8.80. The van der Waals surface area contributed by atoms with Crippen LogP contribution < -0.4 is 16.2 Å². The molecule has 1 aliphatic carbocycles. The number of anilines is 2. The molecule has 0 radical (unpaired) electrons. The highest BCUT2D eigenvalue weighted by atomic mass is 19.4. The minimum Gasteiger partial charge on any atom is -0.349 e. The Morgan fingerprint density at radius 3 is 2.39 bits per heavy atom. The minimum absolute atomic E-state index is 0.0815. The number of benzene rings is 1. The van der Waals surface area contributed by atoms with Crippen molar-refractivity contribution in [3.63, 3.8) is 0 Å². The zero-order chi connectivity index (χ0) is 25.8. The number of nitrogen functional groups attached to an aromatic ring is 1. The van der Waals surface area contributed by atoms with Crippen LogP contribution in [0, 0.1) is 5.92 Å². The van der Waals surface area contributed by atoms with Crippen LogP contribution in [-0.4, -0.2) is 56.0 Å².